The van der Waals surface area contributed by atoms with E-state index in [4.69, 9.17) is 0 Å². The van der Waals surface area contributed by atoms with E-state index in [1.807, 2.05) is 24.4 Å². The average Bonchev–Trinajstić information content (AvgIpc) is 2.91. The molecule has 0 aliphatic heterocycles. The molecular formula is C15H17NO3S2. The molecule has 1 aromatic carbocycles. The first-order chi connectivity index (χ1) is 9.79. The van der Waals surface area contributed by atoms with Gasteiger partial charge in [-0.25, -0.2) is 8.42 Å². The molecule has 0 aliphatic carbocycles. The number of nitrogens with one attached hydrogen (secondary N) is 1. The van der Waals surface area contributed by atoms with Gasteiger partial charge < -0.3 is 5.32 Å². The highest BCUT2D eigenvalue weighted by molar-refractivity contribution is 7.90. The monoisotopic (exact) mass is 323 g/mol. The number of thiophene rings is 1. The number of amides is 1. The zero-order valence-corrected chi connectivity index (χ0v) is 13.7. The summed E-state index contributed by atoms with van der Waals surface area (Å²) in [6.07, 6.45) is 1.13. The van der Waals surface area contributed by atoms with Crippen LogP contribution in [-0.2, 0) is 9.84 Å². The molecule has 0 fully saturated rings. The van der Waals surface area contributed by atoms with Crippen LogP contribution in [0.15, 0.2) is 40.6 Å². The minimum absolute atomic E-state index is 0.112. The molecule has 0 saturated carbocycles. The highest BCUT2D eigenvalue weighted by Gasteiger charge is 2.17. The van der Waals surface area contributed by atoms with Crippen LogP contribution in [0.5, 0.6) is 0 Å². The zero-order chi connectivity index (χ0) is 15.6. The van der Waals surface area contributed by atoms with Crippen LogP contribution in [0, 0.1) is 6.92 Å². The Morgan fingerprint density at radius 1 is 1.29 bits per heavy atom. The molecular weight excluding hydrogens is 306 g/mol. The molecule has 0 aliphatic rings. The third-order valence-electron chi connectivity index (χ3n) is 3.20. The van der Waals surface area contributed by atoms with E-state index in [1.165, 1.54) is 12.1 Å². The maximum Gasteiger partial charge on any atom is 0.252 e. The highest BCUT2D eigenvalue weighted by Crippen LogP contribution is 2.20. The normalized spacial score (nSPS) is 12.9. The first-order valence-corrected chi connectivity index (χ1v) is 9.21. The van der Waals surface area contributed by atoms with E-state index in [0.717, 1.165) is 16.7 Å². The lowest BCUT2D eigenvalue weighted by molar-refractivity contribution is 0.0939. The summed E-state index contributed by atoms with van der Waals surface area (Å²) in [4.78, 5) is 13.6. The average molecular weight is 323 g/mol. The number of sulfone groups is 1. The predicted octanol–water partition coefficient (Wildman–Crippen LogP) is 2.95. The maximum absolute atomic E-state index is 12.3. The smallest absolute Gasteiger partial charge is 0.252 e. The van der Waals surface area contributed by atoms with Crippen molar-refractivity contribution in [3.05, 3.63) is 51.7 Å². The Morgan fingerprint density at radius 3 is 2.57 bits per heavy atom. The number of rotatable bonds is 4. The van der Waals surface area contributed by atoms with Gasteiger partial charge in [0.25, 0.3) is 5.91 Å². The number of aryl methyl sites for hydroxylation is 1. The second-order valence-corrected chi connectivity index (χ2v) is 7.95. The van der Waals surface area contributed by atoms with Crippen molar-refractivity contribution in [3.8, 4) is 0 Å². The lowest BCUT2D eigenvalue weighted by Gasteiger charge is -2.14. The van der Waals surface area contributed by atoms with Gasteiger partial charge in [0.15, 0.2) is 9.84 Å². The number of benzene rings is 1. The van der Waals surface area contributed by atoms with Gasteiger partial charge in [-0.1, -0.05) is 12.1 Å². The Morgan fingerprint density at radius 2 is 2.00 bits per heavy atom. The summed E-state index contributed by atoms with van der Waals surface area (Å²) in [6.45, 7) is 3.69. The van der Waals surface area contributed by atoms with Crippen molar-refractivity contribution in [1.29, 1.82) is 0 Å². The molecule has 2 rings (SSSR count). The van der Waals surface area contributed by atoms with Gasteiger partial charge in [0.1, 0.15) is 0 Å². The van der Waals surface area contributed by atoms with Crippen molar-refractivity contribution in [2.24, 2.45) is 0 Å². The van der Waals surface area contributed by atoms with Crippen molar-refractivity contribution >= 4 is 27.1 Å². The molecule has 0 saturated heterocycles. The van der Waals surface area contributed by atoms with Gasteiger partial charge in [-0.3, -0.25) is 4.79 Å². The van der Waals surface area contributed by atoms with Crippen molar-refractivity contribution in [2.45, 2.75) is 24.8 Å². The standard InChI is InChI=1S/C15H17NO3S2/c1-10-6-7-12(21(3,18)19)9-13(10)15(17)16-11(2)14-5-4-8-20-14/h4-9,11H,1-3H3,(H,16,17)/t11-/m1/s1. The van der Waals surface area contributed by atoms with Crippen molar-refractivity contribution in [3.63, 3.8) is 0 Å². The molecule has 1 N–H and O–H groups in total. The van der Waals surface area contributed by atoms with Gasteiger partial charge in [0.2, 0.25) is 0 Å². The summed E-state index contributed by atoms with van der Waals surface area (Å²) >= 11 is 1.57. The Hall–Kier alpha value is -1.66. The molecule has 2 aromatic rings. The van der Waals surface area contributed by atoms with Crippen LogP contribution >= 0.6 is 11.3 Å². The zero-order valence-electron chi connectivity index (χ0n) is 12.1. The van der Waals surface area contributed by atoms with Gasteiger partial charge in [0.05, 0.1) is 10.9 Å². The maximum atomic E-state index is 12.3. The minimum atomic E-state index is -3.33. The fraction of sp³-hybridized carbons (Fsp3) is 0.267. The largest absolute Gasteiger partial charge is 0.345 e. The molecule has 4 nitrogen and oxygen atoms in total. The van der Waals surface area contributed by atoms with E-state index in [2.05, 4.69) is 5.32 Å². The first kappa shape index (κ1) is 15.7. The third kappa shape index (κ3) is 3.71. The summed E-state index contributed by atoms with van der Waals surface area (Å²) in [7, 11) is -3.33. The molecule has 1 heterocycles. The van der Waals surface area contributed by atoms with Crippen LogP contribution in [0.2, 0.25) is 0 Å². The summed E-state index contributed by atoms with van der Waals surface area (Å²) in [5.41, 5.74) is 1.14. The summed E-state index contributed by atoms with van der Waals surface area (Å²) in [6, 6.07) is 8.37. The topological polar surface area (TPSA) is 63.2 Å². The van der Waals surface area contributed by atoms with E-state index in [1.54, 1.807) is 24.3 Å². The molecule has 0 bridgehead atoms. The number of carbonyl (C=O) groups is 1. The molecule has 6 heteroatoms. The van der Waals surface area contributed by atoms with Gasteiger partial charge in [-0.05, 0) is 43.0 Å². The summed E-state index contributed by atoms with van der Waals surface area (Å²) in [5.74, 6) is -0.265. The van der Waals surface area contributed by atoms with Crippen LogP contribution in [-0.4, -0.2) is 20.6 Å². The Labute approximate surface area is 128 Å². The highest BCUT2D eigenvalue weighted by atomic mass is 32.2. The fourth-order valence-corrected chi connectivity index (χ4v) is 3.34. The van der Waals surface area contributed by atoms with E-state index >= 15 is 0 Å². The molecule has 1 atom stereocenters. The lowest BCUT2D eigenvalue weighted by atomic mass is 10.1. The van der Waals surface area contributed by atoms with Crippen LogP contribution in [0.4, 0.5) is 0 Å². The second kappa shape index (κ2) is 5.99. The van der Waals surface area contributed by atoms with Crippen molar-refractivity contribution < 1.29 is 13.2 Å². The van der Waals surface area contributed by atoms with E-state index in [9.17, 15) is 13.2 Å². The number of carbonyl (C=O) groups excluding carboxylic acids is 1. The van der Waals surface area contributed by atoms with Gasteiger partial charge >= 0.3 is 0 Å². The summed E-state index contributed by atoms with van der Waals surface area (Å²) < 4.78 is 23.2. The lowest BCUT2D eigenvalue weighted by Crippen LogP contribution is -2.27. The van der Waals surface area contributed by atoms with E-state index < -0.39 is 9.84 Å². The molecule has 1 amide bonds. The quantitative estimate of drug-likeness (QED) is 0.941. The molecule has 1 aromatic heterocycles. The van der Waals surface area contributed by atoms with Crippen LogP contribution < -0.4 is 5.32 Å². The molecule has 0 radical (unpaired) electrons. The minimum Gasteiger partial charge on any atom is -0.345 e. The van der Waals surface area contributed by atoms with Crippen molar-refractivity contribution in [1.82, 2.24) is 5.32 Å². The Kier molecular flexibility index (Phi) is 4.49. The number of hydrogen-bond donors (Lipinski definition) is 1. The summed E-state index contributed by atoms with van der Waals surface area (Å²) in [5, 5.41) is 4.85. The second-order valence-electron chi connectivity index (χ2n) is 4.96. The Bertz CT molecular complexity index is 749. The van der Waals surface area contributed by atoms with Gasteiger partial charge in [0, 0.05) is 16.7 Å². The third-order valence-corrected chi connectivity index (χ3v) is 5.36. The van der Waals surface area contributed by atoms with E-state index in [-0.39, 0.29) is 16.8 Å². The SMILES string of the molecule is Cc1ccc(S(C)(=O)=O)cc1C(=O)N[C@H](C)c1cccs1. The molecule has 112 valence electrons. The molecule has 0 unspecified atom stereocenters. The Balaban J connectivity index is 2.27. The van der Waals surface area contributed by atoms with Crippen LogP contribution in [0.1, 0.15) is 33.8 Å². The van der Waals surface area contributed by atoms with Gasteiger partial charge in [-0.15, -0.1) is 11.3 Å². The number of hydrogen-bond acceptors (Lipinski definition) is 4. The van der Waals surface area contributed by atoms with Gasteiger partial charge in [-0.2, -0.15) is 0 Å². The van der Waals surface area contributed by atoms with Crippen LogP contribution in [0.3, 0.4) is 0 Å². The molecule has 21 heavy (non-hydrogen) atoms. The first-order valence-electron chi connectivity index (χ1n) is 6.44. The fourth-order valence-electron chi connectivity index (χ4n) is 1.96. The van der Waals surface area contributed by atoms with E-state index in [0.29, 0.717) is 5.56 Å². The van der Waals surface area contributed by atoms with Crippen LogP contribution in [0.25, 0.3) is 0 Å². The molecule has 0 spiro atoms. The predicted molar refractivity (Wildman–Crippen MR) is 84.5 cm³/mol. The van der Waals surface area contributed by atoms with Crippen molar-refractivity contribution in [2.75, 3.05) is 6.26 Å².